The van der Waals surface area contributed by atoms with Gasteiger partial charge in [-0.1, -0.05) is 12.1 Å². The van der Waals surface area contributed by atoms with Crippen LogP contribution in [0.25, 0.3) is 17.0 Å². The van der Waals surface area contributed by atoms with Crippen molar-refractivity contribution < 1.29 is 18.0 Å². The number of sulfonamides is 1. The standard InChI is InChI=1S/C23H19N5O4S/c1-15-22(25-23-24-12-3-13-27(15)23)16-4-2-5-17(14-16)26-33(31,32)19-8-6-18(7-9-19)28-20(29)10-11-21(28)30/h2-9,12-14,26H,10-11H2,1H3. The predicted octanol–water partition coefficient (Wildman–Crippen LogP) is 3.16. The Morgan fingerprint density at radius 2 is 1.70 bits per heavy atom. The van der Waals surface area contributed by atoms with E-state index in [1.165, 1.54) is 24.3 Å². The van der Waals surface area contributed by atoms with Gasteiger partial charge in [0.25, 0.3) is 10.0 Å². The number of imide groups is 1. The number of aryl methyl sites for hydroxylation is 1. The molecule has 1 saturated heterocycles. The summed E-state index contributed by atoms with van der Waals surface area (Å²) in [4.78, 5) is 33.7. The molecule has 0 atom stereocenters. The maximum Gasteiger partial charge on any atom is 0.261 e. The van der Waals surface area contributed by atoms with Crippen LogP contribution in [0.15, 0.2) is 71.9 Å². The van der Waals surface area contributed by atoms with Gasteiger partial charge >= 0.3 is 0 Å². The Bertz CT molecular complexity index is 1490. The first-order chi connectivity index (χ1) is 15.8. The monoisotopic (exact) mass is 461 g/mol. The van der Waals surface area contributed by atoms with Gasteiger partial charge in [0.15, 0.2) is 0 Å². The highest BCUT2D eigenvalue weighted by molar-refractivity contribution is 7.92. The second-order valence-corrected chi connectivity index (χ2v) is 9.32. The summed E-state index contributed by atoms with van der Waals surface area (Å²) < 4.78 is 30.3. The van der Waals surface area contributed by atoms with Gasteiger partial charge in [0.1, 0.15) is 0 Å². The summed E-state index contributed by atoms with van der Waals surface area (Å²) in [5, 5.41) is 0. The highest BCUT2D eigenvalue weighted by Gasteiger charge is 2.30. The van der Waals surface area contributed by atoms with Crippen molar-refractivity contribution in [3.63, 3.8) is 0 Å². The van der Waals surface area contributed by atoms with Crippen LogP contribution in [-0.4, -0.2) is 34.6 Å². The van der Waals surface area contributed by atoms with Crippen LogP contribution in [0.3, 0.4) is 0 Å². The van der Waals surface area contributed by atoms with Crippen LogP contribution < -0.4 is 9.62 Å². The van der Waals surface area contributed by atoms with E-state index in [1.54, 1.807) is 24.4 Å². The summed E-state index contributed by atoms with van der Waals surface area (Å²) >= 11 is 0. The second kappa shape index (κ2) is 7.82. The third-order valence-electron chi connectivity index (χ3n) is 5.49. The minimum Gasteiger partial charge on any atom is -0.288 e. The highest BCUT2D eigenvalue weighted by Crippen LogP contribution is 2.28. The molecule has 1 aliphatic rings. The van der Waals surface area contributed by atoms with Crippen LogP contribution in [0.5, 0.6) is 0 Å². The van der Waals surface area contributed by atoms with Gasteiger partial charge < -0.3 is 0 Å². The lowest BCUT2D eigenvalue weighted by molar-refractivity contribution is -0.121. The average molecular weight is 462 g/mol. The first-order valence-corrected chi connectivity index (χ1v) is 11.7. The van der Waals surface area contributed by atoms with Gasteiger partial charge in [-0.25, -0.2) is 18.4 Å². The van der Waals surface area contributed by atoms with E-state index in [2.05, 4.69) is 14.7 Å². The number of carbonyl (C=O) groups is 2. The maximum atomic E-state index is 12.9. The number of hydrogen-bond acceptors (Lipinski definition) is 6. The lowest BCUT2D eigenvalue weighted by atomic mass is 10.1. The van der Waals surface area contributed by atoms with Crippen LogP contribution >= 0.6 is 0 Å². The van der Waals surface area contributed by atoms with Crippen LogP contribution in [0.1, 0.15) is 18.5 Å². The van der Waals surface area contributed by atoms with E-state index in [4.69, 9.17) is 0 Å². The normalized spacial score (nSPS) is 14.3. The Hall–Kier alpha value is -4.05. The van der Waals surface area contributed by atoms with Crippen LogP contribution in [0, 0.1) is 6.92 Å². The van der Waals surface area contributed by atoms with E-state index in [0.717, 1.165) is 16.2 Å². The molecule has 0 radical (unpaired) electrons. The summed E-state index contributed by atoms with van der Waals surface area (Å²) in [6, 6.07) is 14.4. The number of rotatable bonds is 5. The molecule has 0 spiro atoms. The summed E-state index contributed by atoms with van der Waals surface area (Å²) in [6.45, 7) is 1.92. The molecule has 0 bridgehead atoms. The first kappa shape index (κ1) is 20.8. The minimum absolute atomic E-state index is 0.0175. The zero-order valence-electron chi connectivity index (χ0n) is 17.6. The van der Waals surface area contributed by atoms with E-state index in [1.807, 2.05) is 29.7 Å². The van der Waals surface area contributed by atoms with E-state index in [9.17, 15) is 18.0 Å². The first-order valence-electron chi connectivity index (χ1n) is 10.2. The van der Waals surface area contributed by atoms with Crippen molar-refractivity contribution in [2.75, 3.05) is 9.62 Å². The van der Waals surface area contributed by atoms with Crippen molar-refractivity contribution in [1.29, 1.82) is 0 Å². The van der Waals surface area contributed by atoms with Crippen LogP contribution in [-0.2, 0) is 19.6 Å². The number of fused-ring (bicyclic) bond motifs is 1. The number of nitrogens with zero attached hydrogens (tertiary/aromatic N) is 4. The second-order valence-electron chi connectivity index (χ2n) is 7.64. The zero-order valence-corrected chi connectivity index (χ0v) is 18.4. The van der Waals surface area contributed by atoms with E-state index < -0.39 is 10.0 Å². The van der Waals surface area contributed by atoms with Crippen molar-refractivity contribution in [2.45, 2.75) is 24.7 Å². The van der Waals surface area contributed by atoms with Crippen molar-refractivity contribution >= 4 is 39.0 Å². The number of hydrogen-bond donors (Lipinski definition) is 1. The summed E-state index contributed by atoms with van der Waals surface area (Å²) in [5.74, 6) is -0.0167. The number of nitrogens with one attached hydrogen (secondary N) is 1. The van der Waals surface area contributed by atoms with Gasteiger partial charge in [0.05, 0.1) is 16.3 Å². The number of amides is 2. The molecule has 0 unspecified atom stereocenters. The molecule has 2 aromatic carbocycles. The number of carbonyl (C=O) groups excluding carboxylic acids is 2. The fourth-order valence-corrected chi connectivity index (χ4v) is 4.91. The molecule has 2 amide bonds. The Morgan fingerprint density at radius 1 is 0.970 bits per heavy atom. The van der Waals surface area contributed by atoms with Crippen molar-refractivity contribution in [3.05, 3.63) is 72.7 Å². The Labute approximate surface area is 189 Å². The van der Waals surface area contributed by atoms with Gasteiger partial charge in [0, 0.05) is 42.2 Å². The summed E-state index contributed by atoms with van der Waals surface area (Å²) in [5.41, 5.74) is 3.09. The fourth-order valence-electron chi connectivity index (χ4n) is 3.86. The number of benzene rings is 2. The zero-order chi connectivity index (χ0) is 23.2. The molecule has 4 aromatic rings. The lowest BCUT2D eigenvalue weighted by Crippen LogP contribution is -2.28. The quantitative estimate of drug-likeness (QED) is 0.457. The van der Waals surface area contributed by atoms with Crippen molar-refractivity contribution in [2.24, 2.45) is 0 Å². The molecule has 1 N–H and O–H groups in total. The summed E-state index contributed by atoms with van der Waals surface area (Å²) in [6.07, 6.45) is 3.86. The lowest BCUT2D eigenvalue weighted by Gasteiger charge is -2.14. The third kappa shape index (κ3) is 3.74. The smallest absolute Gasteiger partial charge is 0.261 e. The minimum atomic E-state index is -3.89. The highest BCUT2D eigenvalue weighted by atomic mass is 32.2. The van der Waals surface area contributed by atoms with Gasteiger partial charge in [-0.3, -0.25) is 23.6 Å². The van der Waals surface area contributed by atoms with Crippen molar-refractivity contribution in [1.82, 2.24) is 14.4 Å². The molecule has 3 heterocycles. The van der Waals surface area contributed by atoms with E-state index in [0.29, 0.717) is 22.8 Å². The van der Waals surface area contributed by atoms with Gasteiger partial charge in [0.2, 0.25) is 17.6 Å². The molecule has 5 rings (SSSR count). The van der Waals surface area contributed by atoms with Crippen LogP contribution in [0.4, 0.5) is 11.4 Å². The van der Waals surface area contributed by atoms with E-state index in [-0.39, 0.29) is 29.6 Å². The Morgan fingerprint density at radius 3 is 2.39 bits per heavy atom. The molecule has 10 heteroatoms. The Kier molecular flexibility index (Phi) is 4.94. The van der Waals surface area contributed by atoms with Gasteiger partial charge in [-0.2, -0.15) is 0 Å². The van der Waals surface area contributed by atoms with Crippen LogP contribution in [0.2, 0.25) is 0 Å². The average Bonchev–Trinajstić information content (AvgIpc) is 3.32. The van der Waals surface area contributed by atoms with E-state index >= 15 is 0 Å². The molecule has 9 nitrogen and oxygen atoms in total. The number of imidazole rings is 1. The Balaban J connectivity index is 1.41. The SMILES string of the molecule is Cc1c(-c2cccc(NS(=O)(=O)c3ccc(N4C(=O)CCC4=O)cc3)c2)nc2ncccn12. The van der Waals surface area contributed by atoms with Gasteiger partial charge in [-0.15, -0.1) is 0 Å². The third-order valence-corrected chi connectivity index (χ3v) is 6.88. The molecule has 1 aliphatic heterocycles. The molecule has 1 fully saturated rings. The largest absolute Gasteiger partial charge is 0.288 e. The van der Waals surface area contributed by atoms with Gasteiger partial charge in [-0.05, 0) is 49.4 Å². The number of anilines is 2. The summed E-state index contributed by atoms with van der Waals surface area (Å²) in [7, 11) is -3.89. The molecule has 0 saturated carbocycles. The molecule has 0 aliphatic carbocycles. The molecule has 2 aromatic heterocycles. The molecule has 166 valence electrons. The topological polar surface area (TPSA) is 114 Å². The fraction of sp³-hybridized carbons (Fsp3) is 0.130. The molecular formula is C23H19N5O4S. The predicted molar refractivity (Wildman–Crippen MR) is 122 cm³/mol. The van der Waals surface area contributed by atoms with Crippen molar-refractivity contribution in [3.8, 4) is 11.3 Å². The number of aromatic nitrogens is 3. The maximum absolute atomic E-state index is 12.9. The molecule has 33 heavy (non-hydrogen) atoms. The molecular weight excluding hydrogens is 442 g/mol.